The molecule has 0 spiro atoms. The van der Waals surface area contributed by atoms with E-state index in [1.54, 1.807) is 28.7 Å². The van der Waals surface area contributed by atoms with E-state index in [2.05, 4.69) is 121 Å². The minimum atomic E-state index is -3.10. The molecule has 12 heteroatoms. The van der Waals surface area contributed by atoms with E-state index in [-0.39, 0.29) is 11.7 Å². The van der Waals surface area contributed by atoms with E-state index in [1.165, 1.54) is 68.1 Å². The Labute approximate surface area is 355 Å². The summed E-state index contributed by atoms with van der Waals surface area (Å²) in [5.74, 6) is -0.483. The van der Waals surface area contributed by atoms with E-state index >= 15 is 0 Å². The topological polar surface area (TPSA) is 85.5 Å². The van der Waals surface area contributed by atoms with Crippen molar-refractivity contribution in [1.82, 2.24) is 9.88 Å². The Balaban J connectivity index is 1.00. The number of carbonyl (C=O) groups is 1. The van der Waals surface area contributed by atoms with Gasteiger partial charge in [0.15, 0.2) is 0 Å². The standard InChI is InChI=1S/C46H43N3O4S4Si/c1-6-49-36-17-15-31(26-35(36)44-34-13-11-10-12-30(34)14-18-37(44)49)38-20-21-41(55-38)43-24-29(5)45(57-43)42-23-22-40(56-42)39-19-16-33(54-39)25-32(27-47)46(50)48-28-58(51-7-2,52-8-3)53-9-4/h10-26H,6-9,28H2,1-5H3,(H,48,50)/b32-25+. The number of nitriles is 1. The highest BCUT2D eigenvalue weighted by Crippen LogP contribution is 2.46. The number of fused-ring (bicyclic) bond motifs is 5. The molecule has 5 heterocycles. The first-order valence-electron chi connectivity index (χ1n) is 19.5. The smallest absolute Gasteiger partial charge is 0.373 e. The lowest BCUT2D eigenvalue weighted by molar-refractivity contribution is -0.117. The lowest BCUT2D eigenvalue weighted by Gasteiger charge is -2.28. The summed E-state index contributed by atoms with van der Waals surface area (Å²) in [6, 6.07) is 37.4. The number of carbonyl (C=O) groups excluding carboxylic acids is 1. The summed E-state index contributed by atoms with van der Waals surface area (Å²) in [5, 5.41) is 17.9. The van der Waals surface area contributed by atoms with Crippen LogP contribution in [0.3, 0.4) is 0 Å². The maximum Gasteiger partial charge on any atom is 0.521 e. The highest BCUT2D eigenvalue weighted by molar-refractivity contribution is 7.29. The number of thiophene rings is 4. The molecule has 8 rings (SSSR count). The van der Waals surface area contributed by atoms with Gasteiger partial charge in [-0.15, -0.1) is 45.3 Å². The van der Waals surface area contributed by atoms with Gasteiger partial charge in [-0.05, 0) is 123 Å². The maximum absolute atomic E-state index is 13.1. The van der Waals surface area contributed by atoms with Gasteiger partial charge >= 0.3 is 8.80 Å². The Bertz CT molecular complexity index is 2830. The third-order valence-corrected chi connectivity index (χ3v) is 17.9. The zero-order valence-electron chi connectivity index (χ0n) is 33.0. The predicted molar refractivity (Wildman–Crippen MR) is 248 cm³/mol. The lowest BCUT2D eigenvalue weighted by atomic mass is 10.0. The first kappa shape index (κ1) is 40.1. The van der Waals surface area contributed by atoms with Crippen molar-refractivity contribution in [3.63, 3.8) is 0 Å². The fourth-order valence-corrected chi connectivity index (χ4v) is 14.2. The van der Waals surface area contributed by atoms with Gasteiger partial charge in [-0.2, -0.15) is 5.26 Å². The number of amides is 1. The number of hydrogen-bond donors (Lipinski definition) is 1. The second kappa shape index (κ2) is 17.3. The second-order valence-electron chi connectivity index (χ2n) is 13.6. The molecule has 0 bridgehead atoms. The quantitative estimate of drug-likeness (QED) is 0.0630. The van der Waals surface area contributed by atoms with E-state index in [0.29, 0.717) is 19.8 Å². The predicted octanol–water partition coefficient (Wildman–Crippen LogP) is 12.8. The third kappa shape index (κ3) is 7.77. The molecule has 8 aromatic rings. The summed E-state index contributed by atoms with van der Waals surface area (Å²) in [6.07, 6.45) is 1.73. The summed E-state index contributed by atoms with van der Waals surface area (Å²) < 4.78 is 20.0. The van der Waals surface area contributed by atoms with Crippen molar-refractivity contribution in [3.8, 4) is 45.8 Å². The third-order valence-electron chi connectivity index (χ3n) is 10.0. The maximum atomic E-state index is 13.1. The van der Waals surface area contributed by atoms with E-state index in [9.17, 15) is 10.1 Å². The number of hydrogen-bond acceptors (Lipinski definition) is 9. The zero-order chi connectivity index (χ0) is 40.4. The van der Waals surface area contributed by atoms with Crippen molar-refractivity contribution < 1.29 is 18.1 Å². The van der Waals surface area contributed by atoms with Crippen molar-refractivity contribution in [2.75, 3.05) is 26.0 Å². The van der Waals surface area contributed by atoms with Crippen molar-refractivity contribution in [3.05, 3.63) is 113 Å². The fraction of sp³-hybridized carbons (Fsp3) is 0.217. The van der Waals surface area contributed by atoms with Crippen LogP contribution < -0.4 is 5.32 Å². The number of aryl methyl sites for hydroxylation is 2. The SMILES string of the molecule is CCO[Si](CNC(=O)/C(C#N)=C/c1ccc(-c2ccc(-c3sc(-c4ccc(-c5ccc6c(c5)c5c7ccccc7ccc5n6CC)s4)cc3C)s2)s1)(OCC)OCC. The molecule has 294 valence electrons. The number of aromatic nitrogens is 1. The number of benzene rings is 3. The Hall–Kier alpha value is -4.68. The second-order valence-corrected chi connectivity index (χ2v) is 20.6. The molecule has 7 nitrogen and oxygen atoms in total. The summed E-state index contributed by atoms with van der Waals surface area (Å²) in [5.41, 5.74) is 5.07. The average molecular weight is 858 g/mol. The average Bonchev–Trinajstić information content (AvgIpc) is 4.09. The summed E-state index contributed by atoms with van der Waals surface area (Å²) >= 11 is 7.00. The van der Waals surface area contributed by atoms with Gasteiger partial charge in [-0.3, -0.25) is 4.79 Å². The molecule has 0 aliphatic heterocycles. The highest BCUT2D eigenvalue weighted by atomic mass is 32.1. The number of nitrogens with zero attached hydrogens (tertiary/aromatic N) is 2. The van der Waals surface area contributed by atoms with Crippen molar-refractivity contribution >= 4 is 98.7 Å². The van der Waals surface area contributed by atoms with Crippen molar-refractivity contribution in [2.24, 2.45) is 0 Å². The summed E-state index contributed by atoms with van der Waals surface area (Å²) in [6.45, 7) is 12.1. The molecule has 5 aromatic heterocycles. The van der Waals surface area contributed by atoms with Gasteiger partial charge in [-0.25, -0.2) is 0 Å². The number of nitrogens with one attached hydrogen (secondary N) is 1. The first-order chi connectivity index (χ1) is 28.3. The van der Waals surface area contributed by atoms with Gasteiger partial charge in [0.25, 0.3) is 5.91 Å². The number of rotatable bonds is 15. The van der Waals surface area contributed by atoms with Crippen LogP contribution in [0.15, 0.2) is 103 Å². The van der Waals surface area contributed by atoms with Crippen LogP contribution in [0, 0.1) is 18.3 Å². The molecular weight excluding hydrogens is 815 g/mol. The lowest BCUT2D eigenvalue weighted by Crippen LogP contribution is -2.55. The van der Waals surface area contributed by atoms with Gasteiger partial charge in [0.05, 0.1) is 6.17 Å². The Kier molecular flexibility index (Phi) is 11.9. The van der Waals surface area contributed by atoms with Gasteiger partial charge in [-0.1, -0.05) is 36.4 Å². The summed E-state index contributed by atoms with van der Waals surface area (Å²) in [7, 11) is -3.10. The molecule has 0 fully saturated rings. The van der Waals surface area contributed by atoms with Crippen LogP contribution in [-0.2, 0) is 24.6 Å². The monoisotopic (exact) mass is 857 g/mol. The van der Waals surface area contributed by atoms with Crippen LogP contribution >= 0.6 is 45.3 Å². The Morgan fingerprint density at radius 3 is 2.12 bits per heavy atom. The van der Waals surface area contributed by atoms with E-state index < -0.39 is 14.7 Å². The fourth-order valence-electron chi connectivity index (χ4n) is 7.50. The molecular formula is C46H43N3O4S4Si. The van der Waals surface area contributed by atoms with Crippen molar-refractivity contribution in [1.29, 1.82) is 5.26 Å². The van der Waals surface area contributed by atoms with Crippen LogP contribution in [-0.4, -0.2) is 45.3 Å². The first-order valence-corrected chi connectivity index (χ1v) is 24.6. The van der Waals surface area contributed by atoms with Crippen LogP contribution in [0.1, 0.15) is 38.1 Å². The van der Waals surface area contributed by atoms with Crippen LogP contribution in [0.2, 0.25) is 0 Å². The Morgan fingerprint density at radius 1 is 0.724 bits per heavy atom. The van der Waals surface area contributed by atoms with E-state index in [1.807, 2.05) is 49.5 Å². The van der Waals surface area contributed by atoms with Gasteiger partial charge < -0.3 is 23.2 Å². The normalized spacial score (nSPS) is 12.2. The Morgan fingerprint density at radius 2 is 1.38 bits per heavy atom. The van der Waals surface area contributed by atoms with E-state index in [4.69, 9.17) is 13.3 Å². The molecule has 0 radical (unpaired) electrons. The molecule has 1 amide bonds. The van der Waals surface area contributed by atoms with Crippen LogP contribution in [0.25, 0.3) is 78.4 Å². The molecule has 0 aliphatic carbocycles. The van der Waals surface area contributed by atoms with Gasteiger partial charge in [0.2, 0.25) is 0 Å². The largest absolute Gasteiger partial charge is 0.521 e. The minimum absolute atomic E-state index is 0.0180. The zero-order valence-corrected chi connectivity index (χ0v) is 37.3. The summed E-state index contributed by atoms with van der Waals surface area (Å²) in [4.78, 5) is 22.4. The molecule has 0 saturated heterocycles. The molecule has 3 aromatic carbocycles. The molecule has 0 atom stereocenters. The minimum Gasteiger partial charge on any atom is -0.373 e. The van der Waals surface area contributed by atoms with Gasteiger partial charge in [0.1, 0.15) is 11.6 Å². The van der Waals surface area contributed by atoms with Crippen LogP contribution in [0.4, 0.5) is 0 Å². The highest BCUT2D eigenvalue weighted by Gasteiger charge is 2.41. The molecule has 0 aliphatic rings. The van der Waals surface area contributed by atoms with Crippen LogP contribution in [0.5, 0.6) is 0 Å². The van der Waals surface area contributed by atoms with E-state index in [0.717, 1.165) is 21.2 Å². The molecule has 58 heavy (non-hydrogen) atoms. The van der Waals surface area contributed by atoms with Crippen molar-refractivity contribution in [2.45, 2.75) is 41.2 Å². The molecule has 1 N–H and O–H groups in total. The van der Waals surface area contributed by atoms with Gasteiger partial charge in [0, 0.05) is 87.2 Å². The molecule has 0 saturated carbocycles. The molecule has 0 unspecified atom stereocenters.